The first-order valence-electron chi connectivity index (χ1n) is 5.49. The lowest BCUT2D eigenvalue weighted by molar-refractivity contribution is -0.124. The van der Waals surface area contributed by atoms with Crippen molar-refractivity contribution in [2.45, 2.75) is 6.42 Å². The minimum absolute atomic E-state index is 0.0677. The molecule has 1 fully saturated rings. The summed E-state index contributed by atoms with van der Waals surface area (Å²) in [6.07, 6.45) is 0.583. The van der Waals surface area contributed by atoms with Gasteiger partial charge in [0.05, 0.1) is 11.4 Å². The molecule has 4 nitrogen and oxygen atoms in total. The van der Waals surface area contributed by atoms with Crippen LogP contribution in [-0.4, -0.2) is 40.0 Å². The van der Waals surface area contributed by atoms with Gasteiger partial charge in [0.1, 0.15) is 0 Å². The standard InChI is InChI=1S/C12H14N2O2S/c15-8-4-7-14-11(16)9-17-12(14)13-10-5-2-1-3-6-10/h1-3,5-6,15H,4,7-9H2. The Labute approximate surface area is 104 Å². The van der Waals surface area contributed by atoms with Crippen molar-refractivity contribution in [3.8, 4) is 0 Å². The Morgan fingerprint density at radius 3 is 2.82 bits per heavy atom. The van der Waals surface area contributed by atoms with Crippen LogP contribution in [0.25, 0.3) is 0 Å². The van der Waals surface area contributed by atoms with Gasteiger partial charge in [-0.2, -0.15) is 0 Å². The second-order valence-electron chi connectivity index (χ2n) is 3.64. The van der Waals surface area contributed by atoms with Gasteiger partial charge in [-0.05, 0) is 18.6 Å². The van der Waals surface area contributed by atoms with Gasteiger partial charge in [-0.25, -0.2) is 4.99 Å². The maximum atomic E-state index is 11.6. The fourth-order valence-corrected chi connectivity index (χ4v) is 2.47. The Bertz CT molecular complexity index is 420. The van der Waals surface area contributed by atoms with Gasteiger partial charge in [-0.3, -0.25) is 9.69 Å². The Balaban J connectivity index is 2.14. The van der Waals surface area contributed by atoms with Gasteiger partial charge in [-0.15, -0.1) is 0 Å². The largest absolute Gasteiger partial charge is 0.396 e. The van der Waals surface area contributed by atoms with Gasteiger partial charge in [0, 0.05) is 13.2 Å². The molecule has 1 heterocycles. The van der Waals surface area contributed by atoms with Crippen LogP contribution in [0, 0.1) is 0 Å². The molecule has 0 unspecified atom stereocenters. The Kier molecular flexibility index (Phi) is 4.17. The van der Waals surface area contributed by atoms with Crippen molar-refractivity contribution >= 4 is 28.5 Å². The number of amidine groups is 1. The number of benzene rings is 1. The normalized spacial score (nSPS) is 18.1. The number of hydrogen-bond donors (Lipinski definition) is 1. The average Bonchev–Trinajstić information content (AvgIpc) is 2.69. The summed E-state index contributed by atoms with van der Waals surface area (Å²) in [6, 6.07) is 9.57. The molecule has 1 saturated heterocycles. The predicted molar refractivity (Wildman–Crippen MR) is 69.4 cm³/mol. The summed E-state index contributed by atoms with van der Waals surface area (Å²) in [4.78, 5) is 17.7. The molecule has 1 aromatic carbocycles. The first kappa shape index (κ1) is 12.1. The molecule has 0 saturated carbocycles. The van der Waals surface area contributed by atoms with Crippen molar-refractivity contribution in [1.82, 2.24) is 4.90 Å². The Morgan fingerprint density at radius 1 is 1.35 bits per heavy atom. The number of nitrogens with zero attached hydrogens (tertiary/aromatic N) is 2. The number of carbonyl (C=O) groups is 1. The number of hydrogen-bond acceptors (Lipinski definition) is 4. The van der Waals surface area contributed by atoms with Crippen molar-refractivity contribution in [2.75, 3.05) is 18.9 Å². The first-order valence-corrected chi connectivity index (χ1v) is 6.47. The highest BCUT2D eigenvalue weighted by molar-refractivity contribution is 8.15. The number of carbonyl (C=O) groups excluding carboxylic acids is 1. The minimum Gasteiger partial charge on any atom is -0.396 e. The SMILES string of the molecule is O=C1CSC(=Nc2ccccc2)N1CCCO. The van der Waals surface area contributed by atoms with Crippen LogP contribution in [-0.2, 0) is 4.79 Å². The van der Waals surface area contributed by atoms with Crippen molar-refractivity contribution in [1.29, 1.82) is 0 Å². The molecule has 0 aliphatic carbocycles. The molecule has 0 radical (unpaired) electrons. The summed E-state index contributed by atoms with van der Waals surface area (Å²) in [5.74, 6) is 0.509. The molecule has 5 heteroatoms. The van der Waals surface area contributed by atoms with Crippen LogP contribution in [0.5, 0.6) is 0 Å². The summed E-state index contributed by atoms with van der Waals surface area (Å²) in [6.45, 7) is 0.626. The third-order valence-electron chi connectivity index (χ3n) is 2.38. The quantitative estimate of drug-likeness (QED) is 0.883. The molecule has 1 aromatic rings. The zero-order valence-electron chi connectivity index (χ0n) is 9.37. The molecule has 0 bridgehead atoms. The number of thioether (sulfide) groups is 1. The number of aliphatic hydroxyl groups excluding tert-OH is 1. The van der Waals surface area contributed by atoms with Crippen molar-refractivity contribution in [3.63, 3.8) is 0 Å². The van der Waals surface area contributed by atoms with E-state index in [4.69, 9.17) is 5.11 Å². The molecular weight excluding hydrogens is 236 g/mol. The zero-order chi connectivity index (χ0) is 12.1. The lowest BCUT2D eigenvalue weighted by Crippen LogP contribution is -2.30. The van der Waals surface area contributed by atoms with E-state index < -0.39 is 0 Å². The average molecular weight is 250 g/mol. The molecule has 1 amide bonds. The van der Waals surface area contributed by atoms with Crippen molar-refractivity contribution in [3.05, 3.63) is 30.3 Å². The topological polar surface area (TPSA) is 52.9 Å². The fourth-order valence-electron chi connectivity index (χ4n) is 1.54. The van der Waals surface area contributed by atoms with Gasteiger partial charge in [0.2, 0.25) is 5.91 Å². The van der Waals surface area contributed by atoms with Crippen LogP contribution in [0.1, 0.15) is 6.42 Å². The highest BCUT2D eigenvalue weighted by Gasteiger charge is 2.27. The molecule has 0 spiro atoms. The predicted octanol–water partition coefficient (Wildman–Crippen LogP) is 1.63. The number of aliphatic imine (C=N–C) groups is 1. The van der Waals surface area contributed by atoms with E-state index in [0.717, 1.165) is 10.9 Å². The van der Waals surface area contributed by atoms with E-state index in [0.29, 0.717) is 18.7 Å². The second kappa shape index (κ2) is 5.84. The number of rotatable bonds is 4. The molecule has 90 valence electrons. The summed E-state index contributed by atoms with van der Waals surface area (Å²) in [7, 11) is 0. The van der Waals surface area contributed by atoms with Crippen LogP contribution in [0.15, 0.2) is 35.3 Å². The first-order chi connectivity index (χ1) is 8.31. The van der Waals surface area contributed by atoms with E-state index >= 15 is 0 Å². The van der Waals surface area contributed by atoms with E-state index in [1.165, 1.54) is 11.8 Å². The van der Waals surface area contributed by atoms with E-state index in [1.54, 1.807) is 4.90 Å². The Hall–Kier alpha value is -1.33. The summed E-state index contributed by atoms with van der Waals surface area (Å²) in [5.41, 5.74) is 0.846. The van der Waals surface area contributed by atoms with E-state index in [2.05, 4.69) is 4.99 Å². The smallest absolute Gasteiger partial charge is 0.239 e. The lowest BCUT2D eigenvalue weighted by Gasteiger charge is -2.14. The van der Waals surface area contributed by atoms with Crippen LogP contribution in [0.2, 0.25) is 0 Å². The fraction of sp³-hybridized carbons (Fsp3) is 0.333. The maximum Gasteiger partial charge on any atom is 0.239 e. The maximum absolute atomic E-state index is 11.6. The molecule has 1 N–H and O–H groups in total. The van der Waals surface area contributed by atoms with Crippen LogP contribution < -0.4 is 0 Å². The summed E-state index contributed by atoms with van der Waals surface area (Å²) < 4.78 is 0. The van der Waals surface area contributed by atoms with Crippen LogP contribution >= 0.6 is 11.8 Å². The molecule has 17 heavy (non-hydrogen) atoms. The minimum atomic E-state index is 0.0677. The van der Waals surface area contributed by atoms with Gasteiger partial charge in [0.15, 0.2) is 5.17 Å². The third-order valence-corrected chi connectivity index (χ3v) is 3.34. The van der Waals surface area contributed by atoms with Gasteiger partial charge >= 0.3 is 0 Å². The number of para-hydroxylation sites is 1. The van der Waals surface area contributed by atoms with Gasteiger partial charge < -0.3 is 5.11 Å². The molecular formula is C12H14N2O2S. The lowest BCUT2D eigenvalue weighted by atomic mass is 10.3. The van der Waals surface area contributed by atoms with Gasteiger partial charge in [-0.1, -0.05) is 30.0 Å². The summed E-state index contributed by atoms with van der Waals surface area (Å²) >= 11 is 1.45. The van der Waals surface area contributed by atoms with E-state index in [9.17, 15) is 4.79 Å². The van der Waals surface area contributed by atoms with E-state index in [1.807, 2.05) is 30.3 Å². The highest BCUT2D eigenvalue weighted by Crippen LogP contribution is 2.23. The number of aliphatic hydroxyl groups is 1. The third kappa shape index (κ3) is 3.08. The monoisotopic (exact) mass is 250 g/mol. The molecule has 0 atom stereocenters. The van der Waals surface area contributed by atoms with Crippen LogP contribution in [0.4, 0.5) is 5.69 Å². The van der Waals surface area contributed by atoms with Crippen molar-refractivity contribution < 1.29 is 9.90 Å². The molecule has 1 aliphatic rings. The molecule has 0 aromatic heterocycles. The number of amides is 1. The second-order valence-corrected chi connectivity index (χ2v) is 4.58. The highest BCUT2D eigenvalue weighted by atomic mass is 32.2. The van der Waals surface area contributed by atoms with Crippen LogP contribution in [0.3, 0.4) is 0 Å². The van der Waals surface area contributed by atoms with E-state index in [-0.39, 0.29) is 12.5 Å². The molecule has 1 aliphatic heterocycles. The zero-order valence-corrected chi connectivity index (χ0v) is 10.2. The summed E-state index contributed by atoms with van der Waals surface area (Å²) in [5, 5.41) is 9.54. The van der Waals surface area contributed by atoms with Gasteiger partial charge in [0.25, 0.3) is 0 Å². The van der Waals surface area contributed by atoms with Crippen molar-refractivity contribution in [2.24, 2.45) is 4.99 Å². The Morgan fingerprint density at radius 2 is 2.12 bits per heavy atom. The molecule has 2 rings (SSSR count).